The molecular weight excluding hydrogens is 471 g/mol. The number of nitrogens with one attached hydrogen (secondary N) is 1. The highest BCUT2D eigenvalue weighted by molar-refractivity contribution is 6.35. The molecule has 3 aromatic carbocycles. The lowest BCUT2D eigenvalue weighted by molar-refractivity contribution is -0.125. The fraction of sp³-hybridized carbons (Fsp3) is 0.185. The molecular formula is C27H24Cl2N2O3. The summed E-state index contributed by atoms with van der Waals surface area (Å²) in [5.74, 6) is 0.202. The van der Waals surface area contributed by atoms with Crippen molar-refractivity contribution in [2.75, 3.05) is 16.8 Å². The first-order valence-corrected chi connectivity index (χ1v) is 11.8. The Morgan fingerprint density at radius 3 is 2.65 bits per heavy atom. The van der Waals surface area contributed by atoms with Crippen molar-refractivity contribution in [3.8, 4) is 5.75 Å². The van der Waals surface area contributed by atoms with Gasteiger partial charge in [-0.1, -0.05) is 59.6 Å². The van der Waals surface area contributed by atoms with E-state index in [1.54, 1.807) is 54.3 Å². The Balaban J connectivity index is 1.46. The van der Waals surface area contributed by atoms with Gasteiger partial charge < -0.3 is 15.0 Å². The smallest absolute Gasteiger partial charge is 0.267 e. The van der Waals surface area contributed by atoms with Crippen LogP contribution in [0.15, 0.2) is 72.8 Å². The van der Waals surface area contributed by atoms with Crippen LogP contribution in [0.4, 0.5) is 11.4 Å². The van der Waals surface area contributed by atoms with Gasteiger partial charge in [0.25, 0.3) is 5.91 Å². The van der Waals surface area contributed by atoms with E-state index < -0.39 is 6.10 Å². The van der Waals surface area contributed by atoms with Crippen molar-refractivity contribution in [2.24, 2.45) is 0 Å². The minimum atomic E-state index is -0.559. The van der Waals surface area contributed by atoms with Crippen molar-refractivity contribution < 1.29 is 14.3 Å². The number of carbonyl (C=O) groups excluding carboxylic acids is 2. The molecule has 0 aromatic heterocycles. The maximum atomic E-state index is 12.9. The quantitative estimate of drug-likeness (QED) is 0.387. The molecule has 0 saturated carbocycles. The average Bonchev–Trinajstić information content (AvgIpc) is 2.82. The van der Waals surface area contributed by atoms with Crippen LogP contribution in [0.2, 0.25) is 10.0 Å². The van der Waals surface area contributed by atoms with E-state index in [-0.39, 0.29) is 11.8 Å². The number of carbonyl (C=O) groups is 2. The molecule has 0 radical (unpaired) electrons. The highest BCUT2D eigenvalue weighted by atomic mass is 35.5. The molecule has 4 rings (SSSR count). The van der Waals surface area contributed by atoms with Gasteiger partial charge in [-0.15, -0.1) is 0 Å². The third-order valence-corrected chi connectivity index (χ3v) is 6.06. The van der Waals surface area contributed by atoms with Crippen LogP contribution in [0.5, 0.6) is 5.75 Å². The van der Waals surface area contributed by atoms with Crippen molar-refractivity contribution >= 4 is 52.5 Å². The summed E-state index contributed by atoms with van der Waals surface area (Å²) in [6.07, 6.45) is 4.14. The van der Waals surface area contributed by atoms with Crippen LogP contribution in [0.25, 0.3) is 6.08 Å². The topological polar surface area (TPSA) is 58.6 Å². The van der Waals surface area contributed by atoms with Crippen LogP contribution in [0.3, 0.4) is 0 Å². The average molecular weight is 495 g/mol. The summed E-state index contributed by atoms with van der Waals surface area (Å²) >= 11 is 12.1. The Morgan fingerprint density at radius 1 is 1.09 bits per heavy atom. The molecule has 2 amide bonds. The number of rotatable bonds is 7. The fourth-order valence-electron chi connectivity index (χ4n) is 3.79. The number of ether oxygens (including phenoxy) is 1. The maximum Gasteiger partial charge on any atom is 0.267 e. The Labute approximate surface area is 208 Å². The summed E-state index contributed by atoms with van der Waals surface area (Å²) in [4.78, 5) is 27.1. The predicted octanol–water partition coefficient (Wildman–Crippen LogP) is 6.39. The number of nitrogens with zero attached hydrogens (tertiary/aromatic N) is 1. The zero-order valence-electron chi connectivity index (χ0n) is 18.6. The molecule has 1 heterocycles. The molecule has 174 valence electrons. The summed E-state index contributed by atoms with van der Waals surface area (Å²) in [5, 5.41) is 3.82. The lowest BCUT2D eigenvalue weighted by Crippen LogP contribution is -2.45. The lowest BCUT2D eigenvalue weighted by atomic mass is 10.1. The monoisotopic (exact) mass is 494 g/mol. The van der Waals surface area contributed by atoms with Gasteiger partial charge >= 0.3 is 0 Å². The van der Waals surface area contributed by atoms with E-state index in [0.717, 1.165) is 12.8 Å². The first-order chi connectivity index (χ1) is 16.4. The second-order valence-corrected chi connectivity index (χ2v) is 8.85. The molecule has 0 spiro atoms. The molecule has 1 N–H and O–H groups in total. The van der Waals surface area contributed by atoms with Crippen molar-refractivity contribution in [1.29, 1.82) is 0 Å². The van der Waals surface area contributed by atoms with Crippen LogP contribution in [0.1, 0.15) is 24.5 Å². The van der Waals surface area contributed by atoms with Gasteiger partial charge in [0.2, 0.25) is 5.91 Å². The van der Waals surface area contributed by atoms with Crippen LogP contribution < -0.4 is 15.0 Å². The van der Waals surface area contributed by atoms with E-state index in [1.165, 1.54) is 11.6 Å². The molecule has 5 nitrogen and oxygen atoms in total. The second-order valence-electron chi connectivity index (χ2n) is 8.01. The molecule has 0 fully saturated rings. The number of aryl methyl sites for hydroxylation is 1. The molecule has 1 atom stereocenters. The molecule has 7 heteroatoms. The number of hydrogen-bond donors (Lipinski definition) is 1. The summed E-state index contributed by atoms with van der Waals surface area (Å²) in [7, 11) is 0. The first-order valence-electron chi connectivity index (χ1n) is 11.0. The van der Waals surface area contributed by atoms with Gasteiger partial charge in [0.1, 0.15) is 5.75 Å². The summed E-state index contributed by atoms with van der Waals surface area (Å²) < 4.78 is 5.78. The standard InChI is InChI=1S/C27H24Cl2N2O3/c1-18-27(33)31(15-5-8-19-6-3-2-4-7-19)24-17-22(12-13-25(24)34-18)30-26(32)14-10-20-9-11-21(28)16-23(20)29/h2-4,6-7,9-14,16-18H,5,8,15H2,1H3,(H,30,32)/b14-10+. The third kappa shape index (κ3) is 5.79. The lowest BCUT2D eigenvalue weighted by Gasteiger charge is -2.33. The van der Waals surface area contributed by atoms with Crippen molar-refractivity contribution in [1.82, 2.24) is 0 Å². The number of anilines is 2. The summed E-state index contributed by atoms with van der Waals surface area (Å²) in [6.45, 7) is 2.30. The van der Waals surface area contributed by atoms with E-state index in [1.807, 2.05) is 18.2 Å². The Bertz CT molecular complexity index is 1230. The molecule has 0 saturated heterocycles. The predicted molar refractivity (Wildman–Crippen MR) is 138 cm³/mol. The number of amides is 2. The number of fused-ring (bicyclic) bond motifs is 1. The zero-order valence-corrected chi connectivity index (χ0v) is 20.1. The largest absolute Gasteiger partial charge is 0.479 e. The van der Waals surface area contributed by atoms with Gasteiger partial charge in [0.05, 0.1) is 5.69 Å². The van der Waals surface area contributed by atoms with Crippen LogP contribution in [-0.2, 0) is 16.0 Å². The molecule has 3 aromatic rings. The first kappa shape index (κ1) is 23.9. The number of benzene rings is 3. The Hall–Kier alpha value is -3.28. The second kappa shape index (κ2) is 10.8. The van der Waals surface area contributed by atoms with Gasteiger partial charge in [-0.05, 0) is 67.3 Å². The highest BCUT2D eigenvalue weighted by Crippen LogP contribution is 2.36. The summed E-state index contributed by atoms with van der Waals surface area (Å²) in [6, 6.07) is 20.5. The molecule has 0 bridgehead atoms. The van der Waals surface area contributed by atoms with Gasteiger partial charge in [0.15, 0.2) is 6.10 Å². The van der Waals surface area contributed by atoms with E-state index in [0.29, 0.717) is 39.3 Å². The van der Waals surface area contributed by atoms with E-state index in [9.17, 15) is 9.59 Å². The van der Waals surface area contributed by atoms with Crippen LogP contribution in [-0.4, -0.2) is 24.5 Å². The fourth-order valence-corrected chi connectivity index (χ4v) is 4.26. The molecule has 34 heavy (non-hydrogen) atoms. The molecule has 0 aliphatic carbocycles. The molecule has 1 aliphatic rings. The Kier molecular flexibility index (Phi) is 7.56. The van der Waals surface area contributed by atoms with Crippen molar-refractivity contribution in [3.05, 3.63) is 94.0 Å². The number of hydrogen-bond acceptors (Lipinski definition) is 3. The molecule has 1 aliphatic heterocycles. The third-order valence-electron chi connectivity index (χ3n) is 5.50. The summed E-state index contributed by atoms with van der Waals surface area (Å²) in [5.41, 5.74) is 3.13. The highest BCUT2D eigenvalue weighted by Gasteiger charge is 2.31. The van der Waals surface area contributed by atoms with Gasteiger partial charge in [-0.2, -0.15) is 0 Å². The zero-order chi connectivity index (χ0) is 24.1. The van der Waals surface area contributed by atoms with Crippen LogP contribution >= 0.6 is 23.2 Å². The van der Waals surface area contributed by atoms with E-state index >= 15 is 0 Å². The van der Waals surface area contributed by atoms with Crippen molar-refractivity contribution in [3.63, 3.8) is 0 Å². The Morgan fingerprint density at radius 2 is 1.88 bits per heavy atom. The van der Waals surface area contributed by atoms with Crippen LogP contribution in [0, 0.1) is 0 Å². The van der Waals surface area contributed by atoms with Gasteiger partial charge in [-0.3, -0.25) is 9.59 Å². The van der Waals surface area contributed by atoms with Gasteiger partial charge in [0, 0.05) is 28.4 Å². The normalized spacial score (nSPS) is 15.2. The van der Waals surface area contributed by atoms with E-state index in [2.05, 4.69) is 17.4 Å². The maximum absolute atomic E-state index is 12.9. The minimum absolute atomic E-state index is 0.0960. The van der Waals surface area contributed by atoms with Crippen molar-refractivity contribution in [2.45, 2.75) is 25.9 Å². The van der Waals surface area contributed by atoms with Gasteiger partial charge in [-0.25, -0.2) is 0 Å². The molecule has 1 unspecified atom stereocenters. The minimum Gasteiger partial charge on any atom is -0.479 e. The van der Waals surface area contributed by atoms with E-state index in [4.69, 9.17) is 27.9 Å². The number of halogens is 2. The SMILES string of the molecule is CC1Oc2ccc(NC(=O)/C=C/c3ccc(Cl)cc3Cl)cc2N(CCCc2ccccc2)C1=O.